The number of carbonyl (C=O) groups excluding carboxylic acids is 2. The summed E-state index contributed by atoms with van der Waals surface area (Å²) in [5, 5.41) is 0. The minimum Gasteiger partial charge on any atom is -0.354 e. The van der Waals surface area contributed by atoms with Gasteiger partial charge in [0.15, 0.2) is 0 Å². The van der Waals surface area contributed by atoms with Crippen molar-refractivity contribution in [2.24, 2.45) is 0 Å². The van der Waals surface area contributed by atoms with E-state index in [0.717, 1.165) is 4.47 Å². The first-order valence-electron chi connectivity index (χ1n) is 6.50. The fourth-order valence-electron chi connectivity index (χ4n) is 1.95. The van der Waals surface area contributed by atoms with Crippen molar-refractivity contribution in [1.82, 2.24) is 9.79 Å². The number of rotatable bonds is 3. The van der Waals surface area contributed by atoms with E-state index in [-0.39, 0.29) is 5.91 Å². The normalized spacial score (nSPS) is 16.9. The third-order valence-electron chi connectivity index (χ3n) is 2.88. The monoisotopic (exact) mass is 392 g/mol. The molecular weight excluding hydrogens is 376 g/mol. The van der Waals surface area contributed by atoms with Gasteiger partial charge in [-0.2, -0.15) is 0 Å². The predicted molar refractivity (Wildman–Crippen MR) is 84.1 cm³/mol. The highest BCUT2D eigenvalue weighted by Gasteiger charge is 2.33. The van der Waals surface area contributed by atoms with Crippen molar-refractivity contribution in [1.29, 1.82) is 0 Å². The van der Waals surface area contributed by atoms with Gasteiger partial charge in [0.25, 0.3) is 0 Å². The fourth-order valence-corrected chi connectivity index (χ4v) is 2.42. The van der Waals surface area contributed by atoms with Gasteiger partial charge in [-0.15, -0.1) is 0 Å². The van der Waals surface area contributed by atoms with E-state index in [4.69, 9.17) is 0 Å². The van der Waals surface area contributed by atoms with Crippen molar-refractivity contribution < 1.29 is 22.8 Å². The lowest BCUT2D eigenvalue weighted by Crippen LogP contribution is -2.41. The molecule has 1 aromatic rings. The van der Waals surface area contributed by atoms with Crippen LogP contribution in [-0.4, -0.2) is 37.8 Å². The number of nitrogens with zero attached hydrogens (tertiary/aromatic N) is 1. The largest absolute Gasteiger partial charge is 0.354 e. The number of thiol groups is 1. The van der Waals surface area contributed by atoms with Crippen LogP contribution >= 0.6 is 15.9 Å². The molecule has 0 spiro atoms. The van der Waals surface area contributed by atoms with E-state index < -0.39 is 22.9 Å². The molecule has 1 fully saturated rings. The lowest BCUT2D eigenvalue weighted by Gasteiger charge is -2.20. The minimum absolute atomic E-state index is 0.221. The van der Waals surface area contributed by atoms with Gasteiger partial charge in [0.05, 0.1) is 0 Å². The fraction of sp³-hybridized carbons (Fsp3) is 0.385. The van der Waals surface area contributed by atoms with Crippen LogP contribution in [0.4, 0.5) is 0 Å². The van der Waals surface area contributed by atoms with Crippen LogP contribution in [-0.2, 0) is 25.3 Å². The van der Waals surface area contributed by atoms with Crippen molar-refractivity contribution in [3.05, 3.63) is 34.8 Å². The lowest BCUT2D eigenvalue weighted by molar-refractivity contribution is -0.155. The Morgan fingerprint density at radius 3 is 2.41 bits per heavy atom. The molecule has 1 unspecified atom stereocenters. The Bertz CT molecular complexity index is 571. The molecule has 0 saturated carbocycles. The highest BCUT2D eigenvalue weighted by molar-refractivity contribution is 9.10. The van der Waals surface area contributed by atoms with E-state index in [9.17, 15) is 18.0 Å². The maximum absolute atomic E-state index is 11.3. The van der Waals surface area contributed by atoms with E-state index >= 15 is 0 Å². The molecule has 1 saturated heterocycles. The van der Waals surface area contributed by atoms with Gasteiger partial charge in [-0.3, -0.25) is 4.79 Å². The molecule has 1 aromatic carbocycles. The predicted octanol–water partition coefficient (Wildman–Crippen LogP) is 1.02. The third-order valence-corrected chi connectivity index (χ3v) is 3.65. The summed E-state index contributed by atoms with van der Waals surface area (Å²) in [4.78, 5) is 29.6. The molecule has 0 radical (unpaired) electrons. The molecule has 7 nitrogen and oxygen atoms in total. The van der Waals surface area contributed by atoms with E-state index in [2.05, 4.69) is 20.8 Å². The van der Waals surface area contributed by atoms with Crippen molar-refractivity contribution in [3.63, 3.8) is 0 Å². The van der Waals surface area contributed by atoms with Gasteiger partial charge < -0.3 is 9.74 Å². The van der Waals surface area contributed by atoms with E-state index in [1.807, 2.05) is 30.3 Å². The van der Waals surface area contributed by atoms with E-state index in [1.165, 1.54) is 11.8 Å². The van der Waals surface area contributed by atoms with Crippen LogP contribution in [0.15, 0.2) is 34.8 Å². The summed E-state index contributed by atoms with van der Waals surface area (Å²) >= 11 is 3.31. The number of amides is 1. The van der Waals surface area contributed by atoms with Gasteiger partial charge in [-0.1, -0.05) is 34.1 Å². The van der Waals surface area contributed by atoms with Crippen LogP contribution in [0.2, 0.25) is 0 Å². The summed E-state index contributed by atoms with van der Waals surface area (Å²) in [5.74, 6) is -0.970. The summed E-state index contributed by atoms with van der Waals surface area (Å²) in [5.41, 5.74) is 0. The maximum Gasteiger partial charge on any atom is 0.348 e. The molecule has 1 aliphatic heterocycles. The Morgan fingerprint density at radius 2 is 1.95 bits per heavy atom. The third kappa shape index (κ3) is 6.54. The number of likely N-dealkylation sites (tertiary alicyclic amines) is 1. The number of halogens is 1. The zero-order valence-electron chi connectivity index (χ0n) is 11.9. The number of nitrogens with one attached hydrogen (secondary N) is 1. The maximum atomic E-state index is 11.3. The summed E-state index contributed by atoms with van der Waals surface area (Å²) in [6.07, 6.45) is 1.21. The van der Waals surface area contributed by atoms with Gasteiger partial charge >= 0.3 is 5.97 Å². The molecular formula is C13H17BrN2O5S. The Labute approximate surface area is 138 Å². The molecule has 122 valence electrons. The molecule has 22 heavy (non-hydrogen) atoms. The lowest BCUT2D eigenvalue weighted by atomic mass is 10.2. The SMILES string of the molecule is Brc1ccccc1.CC(=O)N1CCCC1C(=O)ON[SH](=O)=O. The van der Waals surface area contributed by atoms with Crippen LogP contribution < -0.4 is 4.89 Å². The molecule has 0 aliphatic carbocycles. The van der Waals surface area contributed by atoms with Crippen molar-refractivity contribution >= 4 is 38.7 Å². The van der Waals surface area contributed by atoms with Gasteiger partial charge in [-0.05, 0) is 29.9 Å². The molecule has 9 heteroatoms. The summed E-state index contributed by atoms with van der Waals surface area (Å²) in [7, 11) is -2.97. The standard InChI is InChI=1S/C7H12N2O5S.C6H5Br/c1-5(10)9-4-2-3-6(9)7(11)14-8-15(12)13;7-6-4-2-1-3-5-6/h6,15H,2-4H2,1H3,(H,8,12,13);1-5H. The first-order chi connectivity index (χ1) is 10.4. The Morgan fingerprint density at radius 1 is 1.32 bits per heavy atom. The molecule has 0 bridgehead atoms. The molecule has 1 amide bonds. The Kier molecular flexibility index (Phi) is 8.07. The molecule has 1 N–H and O–H groups in total. The van der Waals surface area contributed by atoms with Crippen molar-refractivity contribution in [2.45, 2.75) is 25.8 Å². The van der Waals surface area contributed by atoms with E-state index in [1.54, 1.807) is 4.89 Å². The number of hydrogen-bond acceptors (Lipinski definition) is 5. The Balaban J connectivity index is 0.000000287. The smallest absolute Gasteiger partial charge is 0.348 e. The summed E-state index contributed by atoms with van der Waals surface area (Å²) in [6, 6.07) is 9.30. The summed E-state index contributed by atoms with van der Waals surface area (Å²) < 4.78 is 21.3. The zero-order chi connectivity index (χ0) is 16.5. The first-order valence-corrected chi connectivity index (χ1v) is 8.47. The average Bonchev–Trinajstić information content (AvgIpc) is 2.96. The van der Waals surface area contributed by atoms with Gasteiger partial charge in [-0.25, -0.2) is 13.2 Å². The number of carbonyl (C=O) groups is 2. The van der Waals surface area contributed by atoms with Crippen LogP contribution in [0.1, 0.15) is 19.8 Å². The van der Waals surface area contributed by atoms with Crippen molar-refractivity contribution in [2.75, 3.05) is 6.54 Å². The molecule has 1 heterocycles. The summed E-state index contributed by atoms with van der Waals surface area (Å²) in [6.45, 7) is 1.85. The molecule has 2 rings (SSSR count). The van der Waals surface area contributed by atoms with Crippen LogP contribution in [0.5, 0.6) is 0 Å². The highest BCUT2D eigenvalue weighted by Crippen LogP contribution is 2.17. The van der Waals surface area contributed by atoms with Gasteiger partial charge in [0.1, 0.15) is 6.04 Å². The van der Waals surface area contributed by atoms with Crippen LogP contribution in [0.3, 0.4) is 0 Å². The number of hydrogen-bond donors (Lipinski definition) is 2. The molecule has 1 aliphatic rings. The minimum atomic E-state index is -2.97. The number of benzene rings is 1. The topological polar surface area (TPSA) is 92.8 Å². The van der Waals surface area contributed by atoms with Crippen LogP contribution in [0.25, 0.3) is 0 Å². The van der Waals surface area contributed by atoms with Crippen molar-refractivity contribution in [3.8, 4) is 0 Å². The second-order valence-electron chi connectivity index (χ2n) is 4.44. The quantitative estimate of drug-likeness (QED) is 0.591. The van der Waals surface area contributed by atoms with Gasteiger partial charge in [0, 0.05) is 17.9 Å². The second-order valence-corrected chi connectivity index (χ2v) is 6.05. The van der Waals surface area contributed by atoms with Crippen LogP contribution in [0, 0.1) is 0 Å². The zero-order valence-corrected chi connectivity index (χ0v) is 14.4. The first kappa shape index (κ1) is 18.6. The highest BCUT2D eigenvalue weighted by atomic mass is 79.9. The Hall–Kier alpha value is -1.45. The average molecular weight is 393 g/mol. The van der Waals surface area contributed by atoms with Gasteiger partial charge in [0.2, 0.25) is 16.8 Å². The second kappa shape index (κ2) is 9.54. The molecule has 1 atom stereocenters. The molecule has 0 aromatic heterocycles. The van der Waals surface area contributed by atoms with E-state index in [0.29, 0.717) is 19.4 Å².